The third-order valence-electron chi connectivity index (χ3n) is 2.11. The van der Waals surface area contributed by atoms with Crippen molar-refractivity contribution in [2.24, 2.45) is 0 Å². The highest BCUT2D eigenvalue weighted by Gasteiger charge is 2.19. The first kappa shape index (κ1) is 12.8. The van der Waals surface area contributed by atoms with Crippen molar-refractivity contribution in [3.05, 3.63) is 29.3 Å². The van der Waals surface area contributed by atoms with Crippen LogP contribution in [0.1, 0.15) is 19.8 Å². The number of benzene rings is 1. The maximum atomic E-state index is 11.4. The molecule has 4 heteroatoms. The van der Waals surface area contributed by atoms with Gasteiger partial charge in [-0.3, -0.25) is 0 Å². The van der Waals surface area contributed by atoms with Crippen LogP contribution >= 0.6 is 11.6 Å². The number of carbonyl (C=O) groups is 1. The minimum Gasteiger partial charge on any atom is -0.479 e. The number of methoxy groups -OCH3 is 1. The van der Waals surface area contributed by atoms with E-state index in [1.54, 1.807) is 24.3 Å². The molecule has 16 heavy (non-hydrogen) atoms. The second-order valence-electron chi connectivity index (χ2n) is 3.37. The maximum absolute atomic E-state index is 11.4. The van der Waals surface area contributed by atoms with Crippen molar-refractivity contribution in [3.8, 4) is 5.75 Å². The Morgan fingerprint density at radius 1 is 1.38 bits per heavy atom. The van der Waals surface area contributed by atoms with E-state index in [0.29, 0.717) is 17.2 Å². The average molecular weight is 243 g/mol. The number of hydrogen-bond acceptors (Lipinski definition) is 3. The summed E-state index contributed by atoms with van der Waals surface area (Å²) in [6.07, 6.45) is 0.944. The molecule has 1 atom stereocenters. The molecule has 0 radical (unpaired) electrons. The van der Waals surface area contributed by atoms with Crippen molar-refractivity contribution in [2.75, 3.05) is 7.11 Å². The lowest BCUT2D eigenvalue weighted by molar-refractivity contribution is -0.149. The van der Waals surface area contributed by atoms with Crippen LogP contribution in [-0.4, -0.2) is 19.2 Å². The number of esters is 1. The molecular formula is C12H15ClO3. The van der Waals surface area contributed by atoms with Gasteiger partial charge in [0.1, 0.15) is 5.75 Å². The molecule has 0 saturated carbocycles. The molecule has 0 amide bonds. The van der Waals surface area contributed by atoms with Gasteiger partial charge in [-0.25, -0.2) is 4.79 Å². The summed E-state index contributed by atoms with van der Waals surface area (Å²) in [5.74, 6) is 0.269. The highest BCUT2D eigenvalue weighted by atomic mass is 35.5. The zero-order valence-electron chi connectivity index (χ0n) is 9.40. The van der Waals surface area contributed by atoms with E-state index in [1.165, 1.54) is 7.11 Å². The quantitative estimate of drug-likeness (QED) is 0.745. The molecule has 1 unspecified atom stereocenters. The van der Waals surface area contributed by atoms with E-state index in [1.807, 2.05) is 6.92 Å². The first-order chi connectivity index (χ1) is 7.67. The number of hydrogen-bond donors (Lipinski definition) is 0. The lowest BCUT2D eigenvalue weighted by Crippen LogP contribution is -2.28. The molecule has 3 nitrogen and oxygen atoms in total. The van der Waals surface area contributed by atoms with Crippen molar-refractivity contribution in [1.29, 1.82) is 0 Å². The third kappa shape index (κ3) is 3.74. The fourth-order valence-corrected chi connectivity index (χ4v) is 1.42. The van der Waals surface area contributed by atoms with Crippen LogP contribution in [0.4, 0.5) is 0 Å². The van der Waals surface area contributed by atoms with Crippen molar-refractivity contribution in [3.63, 3.8) is 0 Å². The average Bonchev–Trinajstić information content (AvgIpc) is 2.30. The highest BCUT2D eigenvalue weighted by Crippen LogP contribution is 2.18. The van der Waals surface area contributed by atoms with Crippen LogP contribution in [0.15, 0.2) is 24.3 Å². The second kappa shape index (κ2) is 6.38. The Balaban J connectivity index is 2.67. The molecule has 0 saturated heterocycles. The molecule has 0 heterocycles. The minimum absolute atomic E-state index is 0.350. The van der Waals surface area contributed by atoms with Gasteiger partial charge in [-0.2, -0.15) is 0 Å². The van der Waals surface area contributed by atoms with Crippen LogP contribution in [0, 0.1) is 0 Å². The van der Waals surface area contributed by atoms with E-state index in [4.69, 9.17) is 16.3 Å². The van der Waals surface area contributed by atoms with E-state index < -0.39 is 6.10 Å². The van der Waals surface area contributed by atoms with Gasteiger partial charge in [0.25, 0.3) is 0 Å². The van der Waals surface area contributed by atoms with Crippen LogP contribution in [0.5, 0.6) is 5.75 Å². The Morgan fingerprint density at radius 3 is 2.50 bits per heavy atom. The normalized spacial score (nSPS) is 11.9. The van der Waals surface area contributed by atoms with Gasteiger partial charge in [-0.1, -0.05) is 24.9 Å². The van der Waals surface area contributed by atoms with Crippen molar-refractivity contribution in [2.45, 2.75) is 25.9 Å². The van der Waals surface area contributed by atoms with Gasteiger partial charge in [0.2, 0.25) is 0 Å². The van der Waals surface area contributed by atoms with Gasteiger partial charge in [0.15, 0.2) is 6.10 Å². The van der Waals surface area contributed by atoms with Gasteiger partial charge >= 0.3 is 5.97 Å². The summed E-state index contributed by atoms with van der Waals surface area (Å²) >= 11 is 5.75. The van der Waals surface area contributed by atoms with Gasteiger partial charge in [0, 0.05) is 5.02 Å². The Kier molecular flexibility index (Phi) is 5.12. The third-order valence-corrected chi connectivity index (χ3v) is 2.36. The van der Waals surface area contributed by atoms with E-state index in [9.17, 15) is 4.79 Å². The van der Waals surface area contributed by atoms with Gasteiger partial charge in [-0.05, 0) is 30.7 Å². The standard InChI is InChI=1S/C12H15ClO3/c1-3-4-11(12(14)15-2)16-10-7-5-9(13)6-8-10/h5-8,11H,3-4H2,1-2H3. The molecule has 1 aromatic rings. The Labute approximate surface area is 100 Å². The second-order valence-corrected chi connectivity index (χ2v) is 3.81. The van der Waals surface area contributed by atoms with E-state index in [-0.39, 0.29) is 5.97 Å². The first-order valence-corrected chi connectivity index (χ1v) is 5.55. The topological polar surface area (TPSA) is 35.5 Å². The molecule has 0 N–H and O–H groups in total. The van der Waals surface area contributed by atoms with Crippen molar-refractivity contribution in [1.82, 2.24) is 0 Å². The molecule has 0 bridgehead atoms. The summed E-state index contributed by atoms with van der Waals surface area (Å²) < 4.78 is 10.2. The molecule has 88 valence electrons. The van der Waals surface area contributed by atoms with E-state index in [2.05, 4.69) is 4.74 Å². The summed E-state index contributed by atoms with van der Waals surface area (Å²) in [6.45, 7) is 1.99. The zero-order chi connectivity index (χ0) is 12.0. The molecule has 0 aliphatic carbocycles. The zero-order valence-corrected chi connectivity index (χ0v) is 10.2. The van der Waals surface area contributed by atoms with Crippen LogP contribution in [0.25, 0.3) is 0 Å². The summed E-state index contributed by atoms with van der Waals surface area (Å²) in [5, 5.41) is 0.637. The number of rotatable bonds is 5. The first-order valence-electron chi connectivity index (χ1n) is 5.17. The minimum atomic E-state index is -0.545. The van der Waals surface area contributed by atoms with Gasteiger partial charge < -0.3 is 9.47 Å². The molecule has 0 aromatic heterocycles. The summed E-state index contributed by atoms with van der Waals surface area (Å²) in [5.41, 5.74) is 0. The molecule has 0 aliphatic heterocycles. The molecule has 0 spiro atoms. The van der Waals surface area contributed by atoms with Gasteiger partial charge in [-0.15, -0.1) is 0 Å². The number of halogens is 1. The predicted molar refractivity (Wildman–Crippen MR) is 62.8 cm³/mol. The Bertz CT molecular complexity index is 335. The van der Waals surface area contributed by atoms with Crippen LogP contribution < -0.4 is 4.74 Å². The van der Waals surface area contributed by atoms with E-state index in [0.717, 1.165) is 6.42 Å². The number of ether oxygens (including phenoxy) is 2. The molecule has 0 fully saturated rings. The molecular weight excluding hydrogens is 228 g/mol. The summed E-state index contributed by atoms with van der Waals surface area (Å²) in [6, 6.07) is 6.90. The van der Waals surface area contributed by atoms with Crippen molar-refractivity contribution >= 4 is 17.6 Å². The Hall–Kier alpha value is -1.22. The maximum Gasteiger partial charge on any atom is 0.347 e. The highest BCUT2D eigenvalue weighted by molar-refractivity contribution is 6.30. The lowest BCUT2D eigenvalue weighted by atomic mass is 10.2. The smallest absolute Gasteiger partial charge is 0.347 e. The monoisotopic (exact) mass is 242 g/mol. The lowest BCUT2D eigenvalue weighted by Gasteiger charge is -2.16. The summed E-state index contributed by atoms with van der Waals surface area (Å²) in [4.78, 5) is 11.4. The number of carbonyl (C=O) groups excluding carboxylic acids is 1. The fourth-order valence-electron chi connectivity index (χ4n) is 1.30. The largest absolute Gasteiger partial charge is 0.479 e. The molecule has 1 rings (SSSR count). The van der Waals surface area contributed by atoms with Crippen LogP contribution in [0.2, 0.25) is 5.02 Å². The van der Waals surface area contributed by atoms with Gasteiger partial charge in [0.05, 0.1) is 7.11 Å². The Morgan fingerprint density at radius 2 is 2.00 bits per heavy atom. The van der Waals surface area contributed by atoms with Crippen LogP contribution in [0.3, 0.4) is 0 Å². The predicted octanol–water partition coefficient (Wildman–Crippen LogP) is 3.06. The molecule has 0 aliphatic rings. The molecule has 1 aromatic carbocycles. The SMILES string of the molecule is CCCC(Oc1ccc(Cl)cc1)C(=O)OC. The van der Waals surface area contributed by atoms with Crippen LogP contribution in [-0.2, 0) is 9.53 Å². The van der Waals surface area contributed by atoms with Crippen molar-refractivity contribution < 1.29 is 14.3 Å². The summed E-state index contributed by atoms with van der Waals surface area (Å²) in [7, 11) is 1.36. The van der Waals surface area contributed by atoms with E-state index >= 15 is 0 Å². The fraction of sp³-hybridized carbons (Fsp3) is 0.417.